The molecule has 3 rings (SSSR count). The van der Waals surface area contributed by atoms with Gasteiger partial charge in [-0.15, -0.1) is 0 Å². The van der Waals surface area contributed by atoms with Crippen molar-refractivity contribution in [2.75, 3.05) is 6.54 Å². The van der Waals surface area contributed by atoms with E-state index >= 15 is 0 Å². The third kappa shape index (κ3) is 6.49. The SMILES string of the molecule is C=NCC(=NCc1ccc(C(CC)NC(=C)C2=CN=C(C)C2)c(C)c1)C1(C)CC1.CC. The Morgan fingerprint density at radius 1 is 1.26 bits per heavy atom. The molecule has 0 bridgehead atoms. The molecular formula is C27H40N4. The highest BCUT2D eigenvalue weighted by Gasteiger charge is 2.41. The van der Waals surface area contributed by atoms with Gasteiger partial charge < -0.3 is 5.32 Å². The lowest BCUT2D eigenvalue weighted by atomic mass is 9.96. The van der Waals surface area contributed by atoms with E-state index in [-0.39, 0.29) is 11.5 Å². The normalized spacial score (nSPS) is 17.7. The number of hydrogen-bond donors (Lipinski definition) is 1. The van der Waals surface area contributed by atoms with Gasteiger partial charge in [0.1, 0.15) is 0 Å². The van der Waals surface area contributed by atoms with Crippen LogP contribution in [0.3, 0.4) is 0 Å². The van der Waals surface area contributed by atoms with Crippen LogP contribution in [-0.2, 0) is 6.54 Å². The van der Waals surface area contributed by atoms with Crippen LogP contribution < -0.4 is 5.32 Å². The van der Waals surface area contributed by atoms with E-state index in [4.69, 9.17) is 4.99 Å². The molecule has 168 valence electrons. The third-order valence-corrected chi connectivity index (χ3v) is 6.15. The predicted octanol–water partition coefficient (Wildman–Crippen LogP) is 6.77. The molecule has 1 unspecified atom stereocenters. The fraction of sp³-hybridized carbons (Fsp3) is 0.519. The number of nitrogens with one attached hydrogen (secondary N) is 1. The Bertz CT molecular complexity index is 884. The first-order valence-electron chi connectivity index (χ1n) is 11.6. The Labute approximate surface area is 189 Å². The molecule has 4 heteroatoms. The van der Waals surface area contributed by atoms with Crippen molar-refractivity contribution in [1.82, 2.24) is 5.32 Å². The average molecular weight is 421 g/mol. The average Bonchev–Trinajstić information content (AvgIpc) is 3.36. The fourth-order valence-electron chi connectivity index (χ4n) is 3.87. The lowest BCUT2D eigenvalue weighted by Crippen LogP contribution is -2.21. The monoisotopic (exact) mass is 420 g/mol. The summed E-state index contributed by atoms with van der Waals surface area (Å²) < 4.78 is 0. The first-order valence-corrected chi connectivity index (χ1v) is 11.6. The molecule has 2 aliphatic rings. The Kier molecular flexibility index (Phi) is 8.97. The van der Waals surface area contributed by atoms with Crippen molar-refractivity contribution in [2.45, 2.75) is 79.8 Å². The van der Waals surface area contributed by atoms with Gasteiger partial charge in [0.15, 0.2) is 0 Å². The maximum Gasteiger partial charge on any atom is 0.0766 e. The van der Waals surface area contributed by atoms with Crippen LogP contribution in [0.5, 0.6) is 0 Å². The Morgan fingerprint density at radius 2 is 1.97 bits per heavy atom. The van der Waals surface area contributed by atoms with Gasteiger partial charge in [0.25, 0.3) is 0 Å². The van der Waals surface area contributed by atoms with Gasteiger partial charge in [0.2, 0.25) is 0 Å². The number of hydrogen-bond acceptors (Lipinski definition) is 4. The molecule has 1 saturated carbocycles. The van der Waals surface area contributed by atoms with Crippen molar-refractivity contribution in [1.29, 1.82) is 0 Å². The highest BCUT2D eigenvalue weighted by molar-refractivity contribution is 5.94. The van der Waals surface area contributed by atoms with Crippen molar-refractivity contribution in [3.8, 4) is 0 Å². The molecule has 0 aromatic heterocycles. The van der Waals surface area contributed by atoms with Crippen molar-refractivity contribution < 1.29 is 0 Å². The van der Waals surface area contributed by atoms with Crippen LogP contribution in [0.2, 0.25) is 0 Å². The Hall–Kier alpha value is -2.49. The molecule has 1 aliphatic carbocycles. The van der Waals surface area contributed by atoms with E-state index in [2.05, 4.69) is 74.5 Å². The van der Waals surface area contributed by atoms with E-state index < -0.39 is 0 Å². The van der Waals surface area contributed by atoms with Crippen LogP contribution in [0, 0.1) is 12.3 Å². The molecule has 0 amide bonds. The Balaban J connectivity index is 0.00000166. The van der Waals surface area contributed by atoms with E-state index in [1.807, 2.05) is 20.0 Å². The number of aryl methyl sites for hydroxylation is 1. The molecule has 1 aromatic rings. The largest absolute Gasteiger partial charge is 0.378 e. The van der Waals surface area contributed by atoms with E-state index in [0.29, 0.717) is 13.1 Å². The fourth-order valence-corrected chi connectivity index (χ4v) is 3.87. The number of rotatable bonds is 10. The second-order valence-electron chi connectivity index (χ2n) is 8.68. The zero-order valence-electron chi connectivity index (χ0n) is 20.4. The van der Waals surface area contributed by atoms with Gasteiger partial charge in [0, 0.05) is 35.2 Å². The predicted molar refractivity (Wildman–Crippen MR) is 137 cm³/mol. The molecular weight excluding hydrogens is 380 g/mol. The number of aliphatic imine (C=N–C) groups is 3. The molecule has 4 nitrogen and oxygen atoms in total. The van der Waals surface area contributed by atoms with Gasteiger partial charge in [-0.05, 0) is 62.1 Å². The first-order chi connectivity index (χ1) is 14.9. The molecule has 1 heterocycles. The first kappa shape index (κ1) is 24.8. The summed E-state index contributed by atoms with van der Waals surface area (Å²) >= 11 is 0. The van der Waals surface area contributed by atoms with Gasteiger partial charge in [-0.3, -0.25) is 15.0 Å². The summed E-state index contributed by atoms with van der Waals surface area (Å²) in [5.74, 6) is 0. The smallest absolute Gasteiger partial charge is 0.0766 e. The molecule has 1 N–H and O–H groups in total. The van der Waals surface area contributed by atoms with E-state index in [0.717, 1.165) is 24.3 Å². The van der Waals surface area contributed by atoms with Crippen LogP contribution >= 0.6 is 0 Å². The van der Waals surface area contributed by atoms with Gasteiger partial charge >= 0.3 is 0 Å². The highest BCUT2D eigenvalue weighted by atomic mass is 14.9. The molecule has 1 fully saturated rings. The summed E-state index contributed by atoms with van der Waals surface area (Å²) in [5, 5.41) is 3.62. The molecule has 1 atom stereocenters. The van der Waals surface area contributed by atoms with Crippen molar-refractivity contribution >= 4 is 18.1 Å². The van der Waals surface area contributed by atoms with Gasteiger partial charge in [-0.25, -0.2) is 0 Å². The number of nitrogens with zero attached hydrogens (tertiary/aromatic N) is 3. The molecule has 0 spiro atoms. The third-order valence-electron chi connectivity index (χ3n) is 6.15. The van der Waals surface area contributed by atoms with E-state index in [1.54, 1.807) is 0 Å². The second kappa shape index (κ2) is 11.2. The van der Waals surface area contributed by atoms with E-state index in [1.165, 1.54) is 40.8 Å². The summed E-state index contributed by atoms with van der Waals surface area (Å²) in [5.41, 5.74) is 8.60. The lowest BCUT2D eigenvalue weighted by molar-refractivity contribution is 0.580. The van der Waals surface area contributed by atoms with Gasteiger partial charge in [0.05, 0.1) is 19.1 Å². The topological polar surface area (TPSA) is 49.1 Å². The van der Waals surface area contributed by atoms with Crippen molar-refractivity contribution in [3.05, 3.63) is 58.9 Å². The van der Waals surface area contributed by atoms with Crippen LogP contribution in [0.1, 0.15) is 83.0 Å². The summed E-state index contributed by atoms with van der Waals surface area (Å²) in [7, 11) is 0. The summed E-state index contributed by atoms with van der Waals surface area (Å²) in [4.78, 5) is 13.3. The molecule has 1 aliphatic heterocycles. The Morgan fingerprint density at radius 3 is 2.48 bits per heavy atom. The molecule has 31 heavy (non-hydrogen) atoms. The standard InChI is InChI=1S/C25H34N4.C2H6/c1-7-23(29-19(4)21-13-18(3)27-15-21)22-9-8-20(12-17(22)2)14-28-24(16-26-6)25(5)10-11-25;1-2/h8-9,12,15,23,29H,4,6-7,10-11,13-14,16H2,1-3,5H3;1-2H3. The van der Waals surface area contributed by atoms with Crippen LogP contribution in [0.25, 0.3) is 0 Å². The summed E-state index contributed by atoms with van der Waals surface area (Å²) in [6.45, 7) is 22.0. The second-order valence-corrected chi connectivity index (χ2v) is 8.68. The number of benzene rings is 1. The summed E-state index contributed by atoms with van der Waals surface area (Å²) in [6, 6.07) is 6.95. The highest BCUT2D eigenvalue weighted by Crippen LogP contribution is 2.46. The summed E-state index contributed by atoms with van der Waals surface area (Å²) in [6.07, 6.45) is 6.25. The van der Waals surface area contributed by atoms with Gasteiger partial charge in [-0.1, -0.05) is 52.5 Å². The minimum Gasteiger partial charge on any atom is -0.378 e. The molecule has 1 aromatic carbocycles. The zero-order chi connectivity index (χ0) is 23.0. The van der Waals surface area contributed by atoms with Crippen LogP contribution in [0.4, 0.5) is 0 Å². The maximum absolute atomic E-state index is 4.89. The van der Waals surface area contributed by atoms with Gasteiger partial charge in [-0.2, -0.15) is 0 Å². The van der Waals surface area contributed by atoms with E-state index in [9.17, 15) is 0 Å². The maximum atomic E-state index is 4.89. The van der Waals surface area contributed by atoms with Crippen LogP contribution in [0.15, 0.2) is 57.2 Å². The molecule has 0 saturated heterocycles. The minimum absolute atomic E-state index is 0.243. The van der Waals surface area contributed by atoms with Crippen LogP contribution in [-0.4, -0.2) is 24.7 Å². The van der Waals surface area contributed by atoms with Crippen molar-refractivity contribution in [3.63, 3.8) is 0 Å². The van der Waals surface area contributed by atoms with Crippen molar-refractivity contribution in [2.24, 2.45) is 20.4 Å². The number of allylic oxidation sites excluding steroid dienone is 1. The molecule has 0 radical (unpaired) electrons. The minimum atomic E-state index is 0.243. The zero-order valence-corrected chi connectivity index (χ0v) is 20.4. The quantitative estimate of drug-likeness (QED) is 0.417. The lowest BCUT2D eigenvalue weighted by Gasteiger charge is -2.23.